The van der Waals surface area contributed by atoms with Crippen LogP contribution in [0.2, 0.25) is 0 Å². The smallest absolute Gasteiger partial charge is 0.262 e. The van der Waals surface area contributed by atoms with Crippen LogP contribution in [0.4, 0.5) is 4.39 Å². The normalized spacial score (nSPS) is 11.4. The van der Waals surface area contributed by atoms with Crippen molar-refractivity contribution in [3.8, 4) is 5.75 Å². The van der Waals surface area contributed by atoms with Crippen LogP contribution in [0.1, 0.15) is 0 Å². The first-order valence-corrected chi connectivity index (χ1v) is 4.99. The van der Waals surface area contributed by atoms with Crippen LogP contribution in [-0.4, -0.2) is 20.7 Å². The van der Waals surface area contributed by atoms with Crippen molar-refractivity contribution < 1.29 is 22.8 Å². The first kappa shape index (κ1) is 10.9. The summed E-state index contributed by atoms with van der Waals surface area (Å²) in [6, 6.07) is 3.01. The van der Waals surface area contributed by atoms with E-state index in [0.29, 0.717) is 0 Å². The fraction of sp³-hybridized carbons (Fsp3) is 0.143. The monoisotopic (exact) mass is 221 g/mol. The molecule has 0 aliphatic carbocycles. The van der Waals surface area contributed by atoms with E-state index >= 15 is 0 Å². The Morgan fingerprint density at radius 1 is 1.50 bits per heavy atom. The largest absolute Gasteiger partial charge is 0.494 e. The highest BCUT2D eigenvalue weighted by Gasteiger charge is 2.14. The molecule has 0 heterocycles. The summed E-state index contributed by atoms with van der Waals surface area (Å²) in [5.41, 5.74) is 0. The second-order valence-corrected chi connectivity index (χ2v) is 4.05. The minimum atomic E-state index is -4.04. The molecule has 14 heavy (non-hydrogen) atoms. The Bertz CT molecular complexity index is 431. The van der Waals surface area contributed by atoms with E-state index in [1.54, 1.807) is 0 Å². The highest BCUT2D eigenvalue weighted by molar-refractivity contribution is 7.89. The minimum Gasteiger partial charge on any atom is -0.494 e. The molecule has 2 N–H and O–H groups in total. The van der Waals surface area contributed by atoms with Gasteiger partial charge in [0.25, 0.3) is 10.0 Å². The van der Waals surface area contributed by atoms with E-state index in [0.717, 1.165) is 23.1 Å². The van der Waals surface area contributed by atoms with Crippen LogP contribution < -0.4 is 9.62 Å². The first-order chi connectivity index (χ1) is 6.51. The summed E-state index contributed by atoms with van der Waals surface area (Å²) in [5.74, 6) is -0.884. The fourth-order valence-electron chi connectivity index (χ4n) is 0.867. The number of hydrogen-bond acceptors (Lipinski definition) is 4. The number of sulfonamides is 1. The van der Waals surface area contributed by atoms with Gasteiger partial charge in [0.1, 0.15) is 0 Å². The Balaban J connectivity index is 3.22. The Kier molecular flexibility index (Phi) is 3.04. The summed E-state index contributed by atoms with van der Waals surface area (Å²) in [6.07, 6.45) is 0. The molecule has 0 aliphatic heterocycles. The predicted octanol–water partition coefficient (Wildman–Crippen LogP) is 0.502. The quantitative estimate of drug-likeness (QED) is 0.729. The number of methoxy groups -OCH3 is 1. The van der Waals surface area contributed by atoms with E-state index in [1.165, 1.54) is 7.11 Å². The van der Waals surface area contributed by atoms with Crippen LogP contribution in [0.5, 0.6) is 5.75 Å². The molecular weight excluding hydrogens is 213 g/mol. The van der Waals surface area contributed by atoms with Crippen molar-refractivity contribution >= 4 is 10.0 Å². The van der Waals surface area contributed by atoms with Crippen LogP contribution in [0.25, 0.3) is 0 Å². The van der Waals surface area contributed by atoms with Crippen LogP contribution in [0.15, 0.2) is 23.1 Å². The first-order valence-electron chi connectivity index (χ1n) is 3.50. The number of nitrogens with one attached hydrogen (secondary N) is 1. The topological polar surface area (TPSA) is 75.6 Å². The van der Waals surface area contributed by atoms with Crippen molar-refractivity contribution in [2.45, 2.75) is 4.90 Å². The van der Waals surface area contributed by atoms with Crippen LogP contribution in [0, 0.1) is 5.82 Å². The number of ether oxygens (including phenoxy) is 1. The van der Waals surface area contributed by atoms with Gasteiger partial charge < -0.3 is 9.94 Å². The van der Waals surface area contributed by atoms with Crippen LogP contribution in [0.3, 0.4) is 0 Å². The lowest BCUT2D eigenvalue weighted by Crippen LogP contribution is -2.19. The summed E-state index contributed by atoms with van der Waals surface area (Å²) in [7, 11) is -2.77. The van der Waals surface area contributed by atoms with E-state index in [2.05, 4.69) is 4.74 Å². The summed E-state index contributed by atoms with van der Waals surface area (Å²) in [5, 5.41) is 8.27. The molecule has 7 heteroatoms. The third-order valence-corrected chi connectivity index (χ3v) is 2.67. The molecule has 0 amide bonds. The molecule has 78 valence electrons. The standard InChI is InChI=1S/C7H8FNO4S/c1-13-7-3-2-5(4-6(7)8)14(11,12)9-10/h2-4,9-10H,1H3. The molecule has 0 aromatic heterocycles. The number of rotatable bonds is 3. The van der Waals surface area contributed by atoms with Crippen molar-refractivity contribution in [3.05, 3.63) is 24.0 Å². The Morgan fingerprint density at radius 3 is 2.57 bits per heavy atom. The summed E-state index contributed by atoms with van der Waals surface area (Å²) in [4.78, 5) is 0.710. The molecule has 0 saturated carbocycles. The van der Waals surface area contributed by atoms with Gasteiger partial charge >= 0.3 is 0 Å². The molecule has 5 nitrogen and oxygen atoms in total. The minimum absolute atomic E-state index is 0.0677. The molecule has 0 spiro atoms. The van der Waals surface area contributed by atoms with Crippen molar-refractivity contribution in [2.75, 3.05) is 7.11 Å². The van der Waals surface area contributed by atoms with Gasteiger partial charge in [-0.1, -0.05) is 4.89 Å². The molecule has 0 saturated heterocycles. The SMILES string of the molecule is COc1ccc(S(=O)(=O)NO)cc1F. The molecule has 1 rings (SSSR count). The predicted molar refractivity (Wildman–Crippen MR) is 45.1 cm³/mol. The van der Waals surface area contributed by atoms with Gasteiger partial charge in [0.15, 0.2) is 11.6 Å². The van der Waals surface area contributed by atoms with E-state index in [9.17, 15) is 12.8 Å². The second-order valence-electron chi connectivity index (χ2n) is 2.39. The van der Waals surface area contributed by atoms with Gasteiger partial charge in [0.2, 0.25) is 0 Å². The molecule has 0 atom stereocenters. The molecular formula is C7H8FNO4S. The lowest BCUT2D eigenvalue weighted by molar-refractivity contribution is 0.242. The maximum atomic E-state index is 13.0. The van der Waals surface area contributed by atoms with E-state index in [-0.39, 0.29) is 10.6 Å². The number of halogens is 1. The Morgan fingerprint density at radius 2 is 2.14 bits per heavy atom. The third kappa shape index (κ3) is 2.00. The van der Waals surface area contributed by atoms with E-state index < -0.39 is 15.8 Å². The lowest BCUT2D eigenvalue weighted by atomic mass is 10.3. The molecule has 0 aliphatic rings. The fourth-order valence-corrected chi connectivity index (χ4v) is 1.48. The van der Waals surface area contributed by atoms with Crippen LogP contribution >= 0.6 is 0 Å². The Hall–Kier alpha value is -1.18. The summed E-state index contributed by atoms with van der Waals surface area (Å²) < 4.78 is 39.6. The summed E-state index contributed by atoms with van der Waals surface area (Å²) in [6.45, 7) is 0. The molecule has 0 unspecified atom stereocenters. The van der Waals surface area contributed by atoms with Gasteiger partial charge in [-0.15, -0.1) is 0 Å². The second kappa shape index (κ2) is 3.91. The Labute approximate surface area is 80.1 Å². The average Bonchev–Trinajstić information content (AvgIpc) is 2.17. The molecule has 1 aromatic carbocycles. The average molecular weight is 221 g/mol. The highest BCUT2D eigenvalue weighted by Crippen LogP contribution is 2.19. The van der Waals surface area contributed by atoms with Crippen molar-refractivity contribution in [1.82, 2.24) is 4.89 Å². The number of benzene rings is 1. The molecule has 0 radical (unpaired) electrons. The van der Waals surface area contributed by atoms with Gasteiger partial charge in [-0.3, -0.25) is 0 Å². The maximum Gasteiger partial charge on any atom is 0.262 e. The van der Waals surface area contributed by atoms with E-state index in [4.69, 9.17) is 5.21 Å². The van der Waals surface area contributed by atoms with Gasteiger partial charge in [0, 0.05) is 0 Å². The molecule has 1 aromatic rings. The zero-order chi connectivity index (χ0) is 10.8. The van der Waals surface area contributed by atoms with E-state index in [1.807, 2.05) is 0 Å². The maximum absolute atomic E-state index is 13.0. The molecule has 0 fully saturated rings. The zero-order valence-corrected chi connectivity index (χ0v) is 8.01. The zero-order valence-electron chi connectivity index (χ0n) is 7.19. The summed E-state index contributed by atoms with van der Waals surface area (Å²) >= 11 is 0. The van der Waals surface area contributed by atoms with Gasteiger partial charge in [-0.2, -0.15) is 0 Å². The van der Waals surface area contributed by atoms with Crippen LogP contribution in [-0.2, 0) is 10.0 Å². The van der Waals surface area contributed by atoms with Crippen molar-refractivity contribution in [2.24, 2.45) is 0 Å². The van der Waals surface area contributed by atoms with Gasteiger partial charge in [0.05, 0.1) is 12.0 Å². The van der Waals surface area contributed by atoms with Crippen molar-refractivity contribution in [1.29, 1.82) is 0 Å². The highest BCUT2D eigenvalue weighted by atomic mass is 32.2. The van der Waals surface area contributed by atoms with Crippen molar-refractivity contribution in [3.63, 3.8) is 0 Å². The molecule has 0 bridgehead atoms. The third-order valence-electron chi connectivity index (χ3n) is 1.55. The lowest BCUT2D eigenvalue weighted by Gasteiger charge is -2.04. The number of hydrogen-bond donors (Lipinski definition) is 2. The van der Waals surface area contributed by atoms with Gasteiger partial charge in [-0.25, -0.2) is 12.8 Å². The van der Waals surface area contributed by atoms with Gasteiger partial charge in [-0.05, 0) is 18.2 Å².